The largest absolute Gasteiger partial charge is 0.347 e. The van der Waals surface area contributed by atoms with Crippen molar-refractivity contribution < 1.29 is 13.2 Å². The molecule has 0 aromatic carbocycles. The maximum Gasteiger partial charge on any atom is 0.298 e. The van der Waals surface area contributed by atoms with Gasteiger partial charge in [0.05, 0.1) is 0 Å². The molecule has 5 nitrogen and oxygen atoms in total. The molecule has 0 saturated carbocycles. The lowest BCUT2D eigenvalue weighted by Gasteiger charge is -2.26. The fourth-order valence-corrected chi connectivity index (χ4v) is 2.18. The monoisotopic (exact) mass is 228 g/mol. The molecule has 0 heterocycles. The van der Waals surface area contributed by atoms with Gasteiger partial charge in [0.2, 0.25) is 5.91 Å². The molecule has 0 radical (unpaired) electrons. The molecule has 13 heavy (non-hydrogen) atoms. The van der Waals surface area contributed by atoms with E-state index >= 15 is 0 Å². The second kappa shape index (κ2) is 3.81. The molecule has 7 heteroatoms. The van der Waals surface area contributed by atoms with E-state index in [1.165, 1.54) is 32.8 Å². The molecule has 0 unspecified atom stereocenters. The minimum absolute atomic E-state index is 0.364. The maximum absolute atomic E-state index is 11.4. The Labute approximate surface area is 82.6 Å². The lowest BCUT2D eigenvalue weighted by molar-refractivity contribution is -0.133. The molecule has 0 spiro atoms. The lowest BCUT2D eigenvalue weighted by atomic mass is 10.1. The average molecular weight is 229 g/mol. The van der Waals surface area contributed by atoms with Crippen LogP contribution < -0.4 is 4.72 Å². The first-order chi connectivity index (χ1) is 5.56. The minimum Gasteiger partial charge on any atom is -0.347 e. The van der Waals surface area contributed by atoms with Gasteiger partial charge in [0.25, 0.3) is 9.24 Å². The van der Waals surface area contributed by atoms with E-state index in [4.69, 9.17) is 10.7 Å². The molecule has 0 aliphatic carbocycles. The summed E-state index contributed by atoms with van der Waals surface area (Å²) >= 11 is 0. The Morgan fingerprint density at radius 2 is 1.77 bits per heavy atom. The second-order valence-electron chi connectivity index (χ2n) is 3.36. The first-order valence-corrected chi connectivity index (χ1v) is 5.82. The SMILES string of the molecule is CN(C)C(=O)C(C)(C)NS(=O)(=O)Cl. The molecule has 0 aromatic heterocycles. The van der Waals surface area contributed by atoms with Crippen molar-refractivity contribution in [1.29, 1.82) is 0 Å². The molecule has 0 saturated heterocycles. The molecule has 78 valence electrons. The van der Waals surface area contributed by atoms with Crippen LogP contribution in [0.25, 0.3) is 0 Å². The summed E-state index contributed by atoms with van der Waals surface area (Å²) in [5.41, 5.74) is -1.22. The van der Waals surface area contributed by atoms with Gasteiger partial charge in [0, 0.05) is 24.8 Å². The second-order valence-corrected chi connectivity index (χ2v) is 5.66. The molecule has 1 amide bonds. The van der Waals surface area contributed by atoms with E-state index in [0.29, 0.717) is 0 Å². The summed E-state index contributed by atoms with van der Waals surface area (Å²) in [7, 11) is 4.14. The van der Waals surface area contributed by atoms with Crippen LogP contribution in [-0.2, 0) is 14.0 Å². The van der Waals surface area contributed by atoms with Crippen LogP contribution in [-0.4, -0.2) is 38.9 Å². The van der Waals surface area contributed by atoms with Crippen LogP contribution in [0.1, 0.15) is 13.8 Å². The number of hydrogen-bond donors (Lipinski definition) is 1. The Bertz CT molecular complexity index is 297. The Morgan fingerprint density at radius 3 is 2.00 bits per heavy atom. The lowest BCUT2D eigenvalue weighted by Crippen LogP contribution is -2.53. The highest BCUT2D eigenvalue weighted by atomic mass is 35.7. The van der Waals surface area contributed by atoms with E-state index in [-0.39, 0.29) is 5.91 Å². The van der Waals surface area contributed by atoms with Crippen LogP contribution in [0, 0.1) is 0 Å². The van der Waals surface area contributed by atoms with Gasteiger partial charge in [-0.3, -0.25) is 4.79 Å². The van der Waals surface area contributed by atoms with Gasteiger partial charge in [0.15, 0.2) is 0 Å². The number of likely N-dealkylation sites (N-methyl/N-ethyl adjacent to an activating group) is 1. The van der Waals surface area contributed by atoms with Crippen molar-refractivity contribution in [2.45, 2.75) is 19.4 Å². The molecule has 0 bridgehead atoms. The molecular weight excluding hydrogens is 216 g/mol. The van der Waals surface area contributed by atoms with Crippen molar-refractivity contribution in [3.8, 4) is 0 Å². The van der Waals surface area contributed by atoms with E-state index in [9.17, 15) is 13.2 Å². The van der Waals surface area contributed by atoms with E-state index in [2.05, 4.69) is 0 Å². The number of nitrogens with one attached hydrogen (secondary N) is 1. The van der Waals surface area contributed by atoms with E-state index in [1.54, 1.807) is 0 Å². The van der Waals surface area contributed by atoms with Crippen LogP contribution in [0.4, 0.5) is 0 Å². The Morgan fingerprint density at radius 1 is 1.38 bits per heavy atom. The number of hydrogen-bond acceptors (Lipinski definition) is 3. The highest BCUT2D eigenvalue weighted by Crippen LogP contribution is 2.09. The van der Waals surface area contributed by atoms with Gasteiger partial charge in [-0.05, 0) is 13.8 Å². The number of halogens is 1. The van der Waals surface area contributed by atoms with E-state index < -0.39 is 14.8 Å². The van der Waals surface area contributed by atoms with Gasteiger partial charge in [-0.2, -0.15) is 13.1 Å². The Kier molecular flexibility index (Phi) is 3.71. The molecule has 0 rings (SSSR count). The number of carbonyl (C=O) groups excluding carboxylic acids is 1. The molecule has 0 aromatic rings. The van der Waals surface area contributed by atoms with Crippen LogP contribution >= 0.6 is 10.7 Å². The van der Waals surface area contributed by atoms with E-state index in [0.717, 1.165) is 0 Å². The molecule has 1 N–H and O–H groups in total. The standard InChI is InChI=1S/C6H13ClN2O3S/c1-6(2,5(10)9(3)4)8-13(7,11)12/h8H,1-4H3. The van der Waals surface area contributed by atoms with Crippen LogP contribution in [0.5, 0.6) is 0 Å². The van der Waals surface area contributed by atoms with E-state index in [1.807, 2.05) is 4.72 Å². The Balaban J connectivity index is 4.69. The summed E-state index contributed by atoms with van der Waals surface area (Å²) < 4.78 is 23.3. The zero-order valence-electron chi connectivity index (χ0n) is 7.96. The normalized spacial score (nSPS) is 12.7. The summed E-state index contributed by atoms with van der Waals surface area (Å²) in [6.07, 6.45) is 0. The fraction of sp³-hybridized carbons (Fsp3) is 0.833. The Hall–Kier alpha value is -0.330. The van der Waals surface area contributed by atoms with Crippen molar-refractivity contribution in [1.82, 2.24) is 9.62 Å². The topological polar surface area (TPSA) is 66.5 Å². The first kappa shape index (κ1) is 12.7. The molecule has 0 aliphatic heterocycles. The summed E-state index contributed by atoms with van der Waals surface area (Å²) in [5, 5.41) is 0. The summed E-state index contributed by atoms with van der Waals surface area (Å²) in [5.74, 6) is -0.364. The maximum atomic E-state index is 11.4. The quantitative estimate of drug-likeness (QED) is 0.688. The minimum atomic E-state index is -3.89. The fourth-order valence-electron chi connectivity index (χ4n) is 0.907. The zero-order valence-corrected chi connectivity index (χ0v) is 9.53. The van der Waals surface area contributed by atoms with Crippen molar-refractivity contribution in [3.63, 3.8) is 0 Å². The predicted octanol–water partition coefficient (Wildman–Crippen LogP) is -0.0736. The van der Waals surface area contributed by atoms with Crippen molar-refractivity contribution in [2.75, 3.05) is 14.1 Å². The third-order valence-corrected chi connectivity index (χ3v) is 2.30. The summed E-state index contributed by atoms with van der Waals surface area (Å²) in [4.78, 5) is 12.7. The average Bonchev–Trinajstić information content (AvgIpc) is 1.80. The smallest absolute Gasteiger partial charge is 0.298 e. The van der Waals surface area contributed by atoms with Gasteiger partial charge >= 0.3 is 0 Å². The van der Waals surface area contributed by atoms with Crippen molar-refractivity contribution >= 4 is 25.8 Å². The van der Waals surface area contributed by atoms with Crippen molar-refractivity contribution in [3.05, 3.63) is 0 Å². The van der Waals surface area contributed by atoms with Gasteiger partial charge < -0.3 is 4.90 Å². The van der Waals surface area contributed by atoms with Crippen LogP contribution in [0.3, 0.4) is 0 Å². The number of amides is 1. The summed E-state index contributed by atoms with van der Waals surface area (Å²) in [6.45, 7) is 2.88. The highest BCUT2D eigenvalue weighted by Gasteiger charge is 2.32. The van der Waals surface area contributed by atoms with Crippen LogP contribution in [0.2, 0.25) is 0 Å². The zero-order chi connectivity index (χ0) is 10.9. The number of carbonyl (C=O) groups is 1. The number of rotatable bonds is 3. The first-order valence-electron chi connectivity index (χ1n) is 3.51. The van der Waals surface area contributed by atoms with Gasteiger partial charge in [-0.25, -0.2) is 0 Å². The van der Waals surface area contributed by atoms with Crippen LogP contribution in [0.15, 0.2) is 0 Å². The molecule has 0 atom stereocenters. The van der Waals surface area contributed by atoms with Crippen molar-refractivity contribution in [2.24, 2.45) is 0 Å². The predicted molar refractivity (Wildman–Crippen MR) is 50.7 cm³/mol. The summed E-state index contributed by atoms with van der Waals surface area (Å²) in [6, 6.07) is 0. The molecule has 0 fully saturated rings. The van der Waals surface area contributed by atoms with Gasteiger partial charge in [-0.1, -0.05) is 0 Å². The van der Waals surface area contributed by atoms with Gasteiger partial charge in [0.1, 0.15) is 5.54 Å². The number of nitrogens with zero attached hydrogens (tertiary/aromatic N) is 1. The third-order valence-electron chi connectivity index (χ3n) is 1.32. The third kappa shape index (κ3) is 4.44. The molecular formula is C6H13ClN2O3S. The molecule has 0 aliphatic rings. The highest BCUT2D eigenvalue weighted by molar-refractivity contribution is 8.12. The van der Waals surface area contributed by atoms with Gasteiger partial charge in [-0.15, -0.1) is 0 Å².